The van der Waals surface area contributed by atoms with E-state index in [0.29, 0.717) is 12.8 Å². The molecule has 3 atom stereocenters. The lowest BCUT2D eigenvalue weighted by atomic mass is 10.1. The average molecular weight is 872 g/mol. The molecule has 0 saturated carbocycles. The van der Waals surface area contributed by atoms with Gasteiger partial charge in [0.05, 0.1) is 13.2 Å². The molecule has 0 aliphatic rings. The molecule has 0 bridgehead atoms. The van der Waals surface area contributed by atoms with Gasteiger partial charge in [0.25, 0.3) is 0 Å². The summed E-state index contributed by atoms with van der Waals surface area (Å²) in [6.45, 7) is 2.40. The van der Waals surface area contributed by atoms with E-state index in [0.717, 1.165) is 44.9 Å². The van der Waals surface area contributed by atoms with Crippen LogP contribution in [0, 0.1) is 0 Å². The fraction of sp³-hybridized carbons (Fsp3) is 0.542. The van der Waals surface area contributed by atoms with Gasteiger partial charge in [-0.15, -0.1) is 0 Å². The number of rotatable bonds is 39. The number of aliphatic carboxylic acids is 1. The van der Waals surface area contributed by atoms with Crippen molar-refractivity contribution >= 4 is 31.5 Å². The summed E-state index contributed by atoms with van der Waals surface area (Å²) in [6.07, 6.45) is 50.3. The Balaban J connectivity index is 4.70. The van der Waals surface area contributed by atoms with Crippen LogP contribution in [0.2, 0.25) is 0 Å². The molecule has 0 fully saturated rings. The van der Waals surface area contributed by atoms with E-state index in [2.05, 4.69) is 85.2 Å². The number of hydrogen-bond acceptors (Lipinski definition) is 10. The van der Waals surface area contributed by atoms with Gasteiger partial charge in [0, 0.05) is 19.3 Å². The first-order chi connectivity index (χ1) is 29.5. The Morgan fingerprint density at radius 1 is 0.557 bits per heavy atom. The van der Waals surface area contributed by atoms with Crippen LogP contribution >= 0.6 is 7.82 Å². The molecule has 0 rings (SSSR count). The zero-order chi connectivity index (χ0) is 45.1. The molecule has 0 radical (unpaired) electrons. The van der Waals surface area contributed by atoms with Gasteiger partial charge in [-0.2, -0.15) is 0 Å². The maximum absolute atomic E-state index is 12.6. The normalized spacial score (nSPS) is 14.6. The number of carboxylic acid groups (broad SMARTS) is 1. The van der Waals surface area contributed by atoms with Crippen LogP contribution in [0.4, 0.5) is 0 Å². The van der Waals surface area contributed by atoms with Gasteiger partial charge < -0.3 is 25.2 Å². The van der Waals surface area contributed by atoms with Gasteiger partial charge in [0.2, 0.25) is 0 Å². The standard InChI is InChI=1S/C48H74NO11P/c1-3-5-7-9-11-13-15-17-18-19-20-21-22-24-26-28-30-32-34-38-47(52)60-44(41-58-61(55,56)59-42-45(49)48(53)54)40-57-46(51)39-35-37-43(50)36-33-31-29-27-25-23-16-14-12-10-8-6-4-2/h11-14,17-18,20-21,23-26,29-33,36,44-45H,3-10,15-16,19,22,27-28,34-35,37-42,49H2,1-2H3,(H,53,54)(H,55,56)/b13-11-,14-12-,18-17-,21-20-,25-23-,26-24-,31-29-,32-30-,36-33+/t44-,45+/m1/s1. The van der Waals surface area contributed by atoms with Crippen molar-refractivity contribution in [3.05, 3.63) is 109 Å². The Morgan fingerprint density at radius 3 is 1.54 bits per heavy atom. The first-order valence-electron chi connectivity index (χ1n) is 21.9. The van der Waals surface area contributed by atoms with E-state index in [1.807, 2.05) is 24.3 Å². The molecule has 0 heterocycles. The highest BCUT2D eigenvalue weighted by atomic mass is 31.2. The number of carbonyl (C=O) groups is 4. The number of phosphoric acid groups is 1. The first-order valence-corrected chi connectivity index (χ1v) is 23.4. The van der Waals surface area contributed by atoms with Crippen LogP contribution in [0.25, 0.3) is 0 Å². The lowest BCUT2D eigenvalue weighted by Crippen LogP contribution is -2.34. The fourth-order valence-corrected chi connectivity index (χ4v) is 5.78. The van der Waals surface area contributed by atoms with Crippen molar-refractivity contribution in [1.29, 1.82) is 0 Å². The van der Waals surface area contributed by atoms with Gasteiger partial charge in [-0.25, -0.2) is 4.57 Å². The van der Waals surface area contributed by atoms with Crippen molar-refractivity contribution in [3.8, 4) is 0 Å². The maximum atomic E-state index is 12.6. The van der Waals surface area contributed by atoms with Crippen LogP contribution in [0.3, 0.4) is 0 Å². The van der Waals surface area contributed by atoms with Crippen LogP contribution < -0.4 is 5.73 Å². The lowest BCUT2D eigenvalue weighted by Gasteiger charge is -2.20. The maximum Gasteiger partial charge on any atom is 0.472 e. The molecular formula is C48H74NO11P. The van der Waals surface area contributed by atoms with Gasteiger partial charge >= 0.3 is 25.7 Å². The van der Waals surface area contributed by atoms with Gasteiger partial charge in [-0.05, 0) is 83.1 Å². The van der Waals surface area contributed by atoms with Gasteiger partial charge in [0.15, 0.2) is 11.9 Å². The Morgan fingerprint density at radius 2 is 1.03 bits per heavy atom. The van der Waals surface area contributed by atoms with Crippen LogP contribution in [0.15, 0.2) is 109 Å². The SMILES string of the molecule is CCCCC/C=C\C/C=C\C/C=C\C=C\C(=O)CCCC(=O)OC[C@H](COP(=O)(O)OC[C@H](N)C(=O)O)OC(=O)CC/C=C\C/C=C\C/C=C\C/C=C\C/C=C\CCCCC. The van der Waals surface area contributed by atoms with E-state index in [9.17, 15) is 28.6 Å². The van der Waals surface area contributed by atoms with Crippen molar-refractivity contribution < 1.29 is 52.3 Å². The summed E-state index contributed by atoms with van der Waals surface area (Å²) in [4.78, 5) is 58.1. The summed E-state index contributed by atoms with van der Waals surface area (Å²) in [5, 5.41) is 8.88. The number of hydrogen-bond donors (Lipinski definition) is 3. The van der Waals surface area contributed by atoms with E-state index < -0.39 is 57.7 Å². The lowest BCUT2D eigenvalue weighted by molar-refractivity contribution is -0.161. The van der Waals surface area contributed by atoms with Gasteiger partial charge in [-0.3, -0.25) is 28.2 Å². The van der Waals surface area contributed by atoms with Crippen LogP contribution in [-0.4, -0.2) is 65.7 Å². The highest BCUT2D eigenvalue weighted by Gasteiger charge is 2.28. The molecule has 0 aromatic heterocycles. The molecule has 61 heavy (non-hydrogen) atoms. The van der Waals surface area contributed by atoms with E-state index in [1.165, 1.54) is 44.6 Å². The van der Waals surface area contributed by atoms with E-state index in [4.69, 9.17) is 24.8 Å². The second-order valence-electron chi connectivity index (χ2n) is 14.2. The quantitative estimate of drug-likeness (QED) is 0.0133. The molecule has 4 N–H and O–H groups in total. The zero-order valence-corrected chi connectivity index (χ0v) is 37.6. The number of nitrogens with two attached hydrogens (primary N) is 1. The van der Waals surface area contributed by atoms with Crippen LogP contribution in [0.1, 0.15) is 136 Å². The summed E-state index contributed by atoms with van der Waals surface area (Å²) in [5.41, 5.74) is 5.31. The van der Waals surface area contributed by atoms with E-state index in [1.54, 1.807) is 12.2 Å². The minimum Gasteiger partial charge on any atom is -0.480 e. The van der Waals surface area contributed by atoms with E-state index >= 15 is 0 Å². The summed E-state index contributed by atoms with van der Waals surface area (Å²) in [5.74, 6) is -2.94. The third-order valence-corrected chi connectivity index (χ3v) is 9.43. The fourth-order valence-electron chi connectivity index (χ4n) is 5.00. The van der Waals surface area contributed by atoms with E-state index in [-0.39, 0.29) is 31.5 Å². The van der Waals surface area contributed by atoms with Crippen molar-refractivity contribution in [3.63, 3.8) is 0 Å². The second-order valence-corrected chi connectivity index (χ2v) is 15.6. The van der Waals surface area contributed by atoms with Crippen molar-refractivity contribution in [2.75, 3.05) is 19.8 Å². The molecule has 0 aromatic carbocycles. The number of carboxylic acids is 1. The molecule has 0 amide bonds. The smallest absolute Gasteiger partial charge is 0.472 e. The number of allylic oxidation sites excluding steroid dienone is 18. The number of esters is 2. The third kappa shape index (κ3) is 41.0. The topological polar surface area (TPSA) is 189 Å². The molecule has 13 heteroatoms. The highest BCUT2D eigenvalue weighted by Crippen LogP contribution is 2.43. The van der Waals surface area contributed by atoms with Crippen LogP contribution in [0.5, 0.6) is 0 Å². The molecule has 1 unspecified atom stereocenters. The third-order valence-electron chi connectivity index (χ3n) is 8.48. The molecule has 0 aliphatic heterocycles. The van der Waals surface area contributed by atoms with Crippen molar-refractivity contribution in [2.24, 2.45) is 5.73 Å². The predicted molar refractivity (Wildman–Crippen MR) is 245 cm³/mol. The van der Waals surface area contributed by atoms with Crippen LogP contribution in [-0.2, 0) is 42.3 Å². The summed E-state index contributed by atoms with van der Waals surface area (Å²) < 4.78 is 32.4. The van der Waals surface area contributed by atoms with Gasteiger partial charge in [-0.1, -0.05) is 143 Å². The average Bonchev–Trinajstić information content (AvgIpc) is 3.23. The Hall–Kier alpha value is -4.19. The van der Waals surface area contributed by atoms with Gasteiger partial charge in [0.1, 0.15) is 12.6 Å². The summed E-state index contributed by atoms with van der Waals surface area (Å²) >= 11 is 0. The Kier molecular flexibility index (Phi) is 38.3. The molecular weight excluding hydrogens is 797 g/mol. The summed E-state index contributed by atoms with van der Waals surface area (Å²) in [6, 6.07) is -1.57. The molecule has 12 nitrogen and oxygen atoms in total. The molecule has 342 valence electrons. The number of carbonyl (C=O) groups excluding carboxylic acids is 3. The largest absolute Gasteiger partial charge is 0.480 e. The molecule has 0 saturated heterocycles. The minimum absolute atomic E-state index is 0.0192. The Bertz CT molecular complexity index is 1510. The van der Waals surface area contributed by atoms with Crippen molar-refractivity contribution in [1.82, 2.24) is 0 Å². The number of unbranched alkanes of at least 4 members (excludes halogenated alkanes) is 6. The number of phosphoric ester groups is 1. The molecule has 0 spiro atoms. The van der Waals surface area contributed by atoms with Crippen molar-refractivity contribution in [2.45, 2.75) is 148 Å². The number of ketones is 1. The number of ether oxygens (including phenoxy) is 2. The Labute approximate surface area is 365 Å². The minimum atomic E-state index is -4.80. The monoisotopic (exact) mass is 871 g/mol. The molecule has 0 aromatic rings. The highest BCUT2D eigenvalue weighted by molar-refractivity contribution is 7.47. The summed E-state index contributed by atoms with van der Waals surface area (Å²) in [7, 11) is -4.80. The first kappa shape index (κ1) is 56.8. The molecule has 0 aliphatic carbocycles. The zero-order valence-electron chi connectivity index (χ0n) is 36.7. The second kappa shape index (κ2) is 41.2. The predicted octanol–water partition coefficient (Wildman–Crippen LogP) is 11.0.